The van der Waals surface area contributed by atoms with E-state index in [1.165, 1.54) is 54.2 Å². The zero-order valence-electron chi connectivity index (χ0n) is 37.3. The van der Waals surface area contributed by atoms with Crippen LogP contribution in [-0.2, 0) is 0 Å². The number of rotatable bonds is 5. The van der Waals surface area contributed by atoms with Crippen molar-refractivity contribution in [3.63, 3.8) is 0 Å². The van der Waals surface area contributed by atoms with Gasteiger partial charge in [0.05, 0.1) is 39.2 Å². The maximum Gasteiger partial charge on any atom is 0.160 e. The lowest BCUT2D eigenvalue weighted by molar-refractivity contribution is 0.666. The molecule has 320 valence electrons. The Labute approximate surface area is 391 Å². The highest BCUT2D eigenvalue weighted by atomic mass is 16.3. The summed E-state index contributed by atoms with van der Waals surface area (Å²) in [6.07, 6.45) is 1.56. The van der Waals surface area contributed by atoms with Crippen LogP contribution in [0, 0.1) is 0 Å². The Hall–Kier alpha value is -8.80. The van der Waals surface area contributed by atoms with Gasteiger partial charge >= 0.3 is 0 Å². The molecule has 0 saturated carbocycles. The molecule has 68 heavy (non-hydrogen) atoms. The Bertz CT molecular complexity index is 4330. The summed E-state index contributed by atoms with van der Waals surface area (Å²) < 4.78 is 11.8. The molecular weight excluding hydrogens is 829 g/mol. The minimum atomic E-state index is 0.655. The topological polar surface area (TPSA) is 47.7 Å². The number of hydrogen-bond acceptors (Lipinski definition) is 3. The smallest absolute Gasteiger partial charge is 0.160 e. The van der Waals surface area contributed by atoms with Gasteiger partial charge in [-0.05, 0) is 119 Å². The molecule has 5 heteroatoms. The van der Waals surface area contributed by atoms with Gasteiger partial charge in [-0.2, -0.15) is 0 Å². The van der Waals surface area contributed by atoms with Crippen molar-refractivity contribution in [3.05, 3.63) is 235 Å². The number of aliphatic imine (C=N–C) groups is 2. The summed E-state index contributed by atoms with van der Waals surface area (Å²) >= 11 is 0. The number of hydrogen-bond donors (Lipinski definition) is 0. The fourth-order valence-electron chi connectivity index (χ4n) is 10.9. The van der Waals surface area contributed by atoms with Gasteiger partial charge in [0.2, 0.25) is 0 Å². The van der Waals surface area contributed by atoms with Crippen molar-refractivity contribution >= 4 is 104 Å². The van der Waals surface area contributed by atoms with Crippen molar-refractivity contribution in [3.8, 4) is 11.4 Å². The van der Waals surface area contributed by atoms with Gasteiger partial charge in [0.15, 0.2) is 11.4 Å². The molecule has 1 aliphatic heterocycles. The second-order valence-electron chi connectivity index (χ2n) is 18.1. The quantitative estimate of drug-likeness (QED) is 0.170. The number of para-hydroxylation sites is 4. The highest BCUT2D eigenvalue weighted by molar-refractivity contribution is 6.24. The molecule has 13 aromatic rings. The third-order valence-corrected chi connectivity index (χ3v) is 14.2. The largest absolute Gasteiger partial charge is 0.454 e. The first kappa shape index (κ1) is 38.5. The minimum absolute atomic E-state index is 0.655. The van der Waals surface area contributed by atoms with Crippen LogP contribution in [0.3, 0.4) is 0 Å². The molecule has 0 aliphatic carbocycles. The van der Waals surface area contributed by atoms with Crippen molar-refractivity contribution in [1.29, 1.82) is 0 Å². The maximum atomic E-state index is 7.07. The average Bonchev–Trinajstić information content (AvgIpc) is 4.05. The molecule has 0 N–H and O–H groups in total. The van der Waals surface area contributed by atoms with Crippen LogP contribution in [-0.4, -0.2) is 20.7 Å². The fourth-order valence-corrected chi connectivity index (χ4v) is 10.9. The second kappa shape index (κ2) is 15.1. The molecule has 10 aromatic carbocycles. The SMILES string of the molecule is C\C1=C(c2ccc3c4ccccc4n(-c4ccccc4)c3c2)/N=C(c2ccc(-n3c4ccccc4c4cc5ccccc5cc43)c3oc4ccccc4c23)\N=C(\c2ccc3ccccc3c2)CC1. The molecular formula is C63H42N4O. The number of furan rings is 1. The number of benzene rings is 10. The maximum absolute atomic E-state index is 7.07. The zero-order valence-corrected chi connectivity index (χ0v) is 37.3. The van der Waals surface area contributed by atoms with Crippen LogP contribution in [0.2, 0.25) is 0 Å². The van der Waals surface area contributed by atoms with Crippen LogP contribution < -0.4 is 0 Å². The number of fused-ring (bicyclic) bond motifs is 11. The molecule has 4 heterocycles. The van der Waals surface area contributed by atoms with Gasteiger partial charge in [0.25, 0.3) is 0 Å². The van der Waals surface area contributed by atoms with Gasteiger partial charge in [-0.3, -0.25) is 0 Å². The normalized spacial score (nSPS) is 16.2. The van der Waals surface area contributed by atoms with Gasteiger partial charge in [0.1, 0.15) is 5.58 Å². The molecule has 0 amide bonds. The van der Waals surface area contributed by atoms with Crippen LogP contribution in [0.5, 0.6) is 0 Å². The van der Waals surface area contributed by atoms with Gasteiger partial charge in [0, 0.05) is 49.1 Å². The summed E-state index contributed by atoms with van der Waals surface area (Å²) in [5.74, 6) is 0.655. The van der Waals surface area contributed by atoms with Crippen LogP contribution >= 0.6 is 0 Å². The lowest BCUT2D eigenvalue weighted by atomic mass is 9.96. The van der Waals surface area contributed by atoms with Gasteiger partial charge in [-0.25, -0.2) is 9.98 Å². The third-order valence-electron chi connectivity index (χ3n) is 14.2. The molecule has 1 aliphatic rings. The van der Waals surface area contributed by atoms with E-state index in [-0.39, 0.29) is 0 Å². The summed E-state index contributed by atoms with van der Waals surface area (Å²) in [6, 6.07) is 76.3. The lowest BCUT2D eigenvalue weighted by Gasteiger charge is -2.18. The van der Waals surface area contributed by atoms with Gasteiger partial charge in [-0.15, -0.1) is 0 Å². The summed E-state index contributed by atoms with van der Waals surface area (Å²) in [4.78, 5) is 11.5. The molecule has 3 aromatic heterocycles. The number of allylic oxidation sites excluding steroid dienone is 1. The van der Waals surface area contributed by atoms with Crippen molar-refractivity contribution < 1.29 is 4.42 Å². The Morgan fingerprint density at radius 3 is 1.85 bits per heavy atom. The summed E-state index contributed by atoms with van der Waals surface area (Å²) in [6.45, 7) is 2.24. The number of aromatic nitrogens is 2. The Balaban J connectivity index is 1.04. The highest BCUT2D eigenvalue weighted by Crippen LogP contribution is 2.42. The molecule has 0 unspecified atom stereocenters. The van der Waals surface area contributed by atoms with Crippen molar-refractivity contribution in [1.82, 2.24) is 9.13 Å². The van der Waals surface area contributed by atoms with E-state index in [2.05, 4.69) is 228 Å². The summed E-state index contributed by atoms with van der Waals surface area (Å²) in [7, 11) is 0. The lowest BCUT2D eigenvalue weighted by Crippen LogP contribution is -2.11. The van der Waals surface area contributed by atoms with Gasteiger partial charge in [-0.1, -0.05) is 146 Å². The van der Waals surface area contributed by atoms with E-state index >= 15 is 0 Å². The standard InChI is InChI=1S/C63H42N4O/c1-39-27-33-53(44-29-28-40-15-5-6-16-41(40)35-44)64-63(65-61(39)45-30-31-49-47-21-9-12-24-54(47)66(57(49)38-45)46-19-3-2-4-20-46)51-32-34-56(62-60(51)50-23-11-14-26-59(50)68-62)67-55-25-13-10-22-48(55)52-36-42-17-7-8-18-43(42)37-58(52)67/h2-26,28-32,34-38H,27,33H2,1H3/b61-39+,64-53+,65-63-. The molecule has 0 atom stereocenters. The second-order valence-corrected chi connectivity index (χ2v) is 18.1. The minimum Gasteiger partial charge on any atom is -0.454 e. The molecule has 14 rings (SSSR count). The third kappa shape index (κ3) is 5.95. The van der Waals surface area contributed by atoms with Crippen molar-refractivity contribution in [2.45, 2.75) is 19.8 Å². The number of nitrogens with zero attached hydrogens (tertiary/aromatic N) is 4. The number of amidine groups is 1. The fraction of sp³-hybridized carbons (Fsp3) is 0.0476. The zero-order chi connectivity index (χ0) is 44.9. The van der Waals surface area contributed by atoms with E-state index in [4.69, 9.17) is 14.4 Å². The van der Waals surface area contributed by atoms with E-state index in [1.54, 1.807) is 0 Å². The van der Waals surface area contributed by atoms with Crippen molar-refractivity contribution in [2.75, 3.05) is 0 Å². The van der Waals surface area contributed by atoms with E-state index in [0.717, 1.165) is 90.8 Å². The Morgan fingerprint density at radius 2 is 1.04 bits per heavy atom. The first-order valence-electron chi connectivity index (χ1n) is 23.4. The first-order valence-corrected chi connectivity index (χ1v) is 23.4. The van der Waals surface area contributed by atoms with E-state index < -0.39 is 0 Å². The summed E-state index contributed by atoms with van der Waals surface area (Å²) in [5, 5.41) is 11.6. The van der Waals surface area contributed by atoms with Crippen LogP contribution in [0.1, 0.15) is 36.5 Å². The van der Waals surface area contributed by atoms with Gasteiger partial charge < -0.3 is 13.6 Å². The van der Waals surface area contributed by atoms with E-state index in [1.807, 2.05) is 0 Å². The first-order chi connectivity index (χ1) is 33.6. The molecule has 0 fully saturated rings. The molecule has 0 spiro atoms. The van der Waals surface area contributed by atoms with E-state index in [0.29, 0.717) is 5.84 Å². The van der Waals surface area contributed by atoms with E-state index in [9.17, 15) is 0 Å². The molecule has 0 bridgehead atoms. The Morgan fingerprint density at radius 1 is 0.426 bits per heavy atom. The molecule has 0 saturated heterocycles. The highest BCUT2D eigenvalue weighted by Gasteiger charge is 2.25. The van der Waals surface area contributed by atoms with Crippen LogP contribution in [0.4, 0.5) is 0 Å². The van der Waals surface area contributed by atoms with Crippen LogP contribution in [0.15, 0.2) is 232 Å². The molecule has 0 radical (unpaired) electrons. The van der Waals surface area contributed by atoms with Crippen LogP contribution in [0.25, 0.3) is 104 Å². The average molecular weight is 871 g/mol. The van der Waals surface area contributed by atoms with Crippen molar-refractivity contribution in [2.24, 2.45) is 9.98 Å². The predicted octanol–water partition coefficient (Wildman–Crippen LogP) is 16.5. The Kier molecular flexibility index (Phi) is 8.56. The predicted molar refractivity (Wildman–Crippen MR) is 285 cm³/mol. The monoisotopic (exact) mass is 870 g/mol. The molecule has 5 nitrogen and oxygen atoms in total. The summed E-state index contributed by atoms with van der Waals surface area (Å²) in [5.41, 5.74) is 14.5.